The Morgan fingerprint density at radius 2 is 2.21 bits per heavy atom. The zero-order valence-corrected chi connectivity index (χ0v) is 9.68. The zero-order chi connectivity index (χ0) is 10.2. The SMILES string of the molecule is CCC1CCCC12CNC(C)C(C)O2. The Kier molecular flexibility index (Phi) is 2.85. The van der Waals surface area contributed by atoms with Crippen molar-refractivity contribution in [2.24, 2.45) is 5.92 Å². The van der Waals surface area contributed by atoms with E-state index in [1.165, 1.54) is 25.7 Å². The summed E-state index contributed by atoms with van der Waals surface area (Å²) in [6.45, 7) is 7.78. The molecule has 4 unspecified atom stereocenters. The lowest BCUT2D eigenvalue weighted by molar-refractivity contribution is -0.145. The summed E-state index contributed by atoms with van der Waals surface area (Å²) in [4.78, 5) is 0. The van der Waals surface area contributed by atoms with Crippen molar-refractivity contribution in [2.45, 2.75) is 64.2 Å². The third kappa shape index (κ3) is 1.59. The quantitative estimate of drug-likeness (QED) is 0.696. The van der Waals surface area contributed by atoms with Crippen LogP contribution in [-0.2, 0) is 4.74 Å². The Hall–Kier alpha value is -0.0800. The first-order valence-corrected chi connectivity index (χ1v) is 6.09. The van der Waals surface area contributed by atoms with Gasteiger partial charge in [-0.15, -0.1) is 0 Å². The van der Waals surface area contributed by atoms with Crippen LogP contribution in [0.4, 0.5) is 0 Å². The highest BCUT2D eigenvalue weighted by molar-refractivity contribution is 4.99. The van der Waals surface area contributed by atoms with Gasteiger partial charge in [-0.25, -0.2) is 0 Å². The molecule has 1 aliphatic heterocycles. The smallest absolute Gasteiger partial charge is 0.0838 e. The third-order valence-electron chi connectivity index (χ3n) is 4.24. The molecule has 0 bridgehead atoms. The first-order chi connectivity index (χ1) is 6.68. The number of rotatable bonds is 1. The van der Waals surface area contributed by atoms with E-state index in [4.69, 9.17) is 4.74 Å². The molecule has 1 saturated heterocycles. The van der Waals surface area contributed by atoms with Crippen LogP contribution in [0.1, 0.15) is 46.5 Å². The van der Waals surface area contributed by atoms with Gasteiger partial charge >= 0.3 is 0 Å². The maximum absolute atomic E-state index is 6.29. The molecule has 14 heavy (non-hydrogen) atoms. The molecule has 1 saturated carbocycles. The van der Waals surface area contributed by atoms with Gasteiger partial charge < -0.3 is 10.1 Å². The molecule has 0 aromatic rings. The summed E-state index contributed by atoms with van der Waals surface area (Å²) in [5.41, 5.74) is 0.181. The molecule has 0 radical (unpaired) electrons. The molecule has 1 heterocycles. The predicted molar refractivity (Wildman–Crippen MR) is 58.4 cm³/mol. The third-order valence-corrected chi connectivity index (χ3v) is 4.24. The first-order valence-electron chi connectivity index (χ1n) is 6.09. The van der Waals surface area contributed by atoms with Gasteiger partial charge in [0.2, 0.25) is 0 Å². The molecule has 2 rings (SSSR count). The monoisotopic (exact) mass is 197 g/mol. The summed E-state index contributed by atoms with van der Waals surface area (Å²) in [5.74, 6) is 0.782. The summed E-state index contributed by atoms with van der Waals surface area (Å²) in [5, 5.41) is 3.60. The van der Waals surface area contributed by atoms with Crippen LogP contribution in [0.3, 0.4) is 0 Å². The van der Waals surface area contributed by atoms with Crippen molar-refractivity contribution in [2.75, 3.05) is 6.54 Å². The summed E-state index contributed by atoms with van der Waals surface area (Å²) in [7, 11) is 0. The molecule has 1 aliphatic carbocycles. The van der Waals surface area contributed by atoms with Gasteiger partial charge in [-0.2, -0.15) is 0 Å². The average Bonchev–Trinajstić information content (AvgIpc) is 2.55. The first kappa shape index (κ1) is 10.4. The van der Waals surface area contributed by atoms with Gasteiger partial charge in [0.1, 0.15) is 0 Å². The highest BCUT2D eigenvalue weighted by Crippen LogP contribution is 2.42. The van der Waals surface area contributed by atoms with Gasteiger partial charge in [0.15, 0.2) is 0 Å². The van der Waals surface area contributed by atoms with Crippen LogP contribution in [0.2, 0.25) is 0 Å². The van der Waals surface area contributed by atoms with Crippen molar-refractivity contribution in [3.63, 3.8) is 0 Å². The van der Waals surface area contributed by atoms with Crippen LogP contribution in [0.25, 0.3) is 0 Å². The molecular weight excluding hydrogens is 174 g/mol. The second-order valence-electron chi connectivity index (χ2n) is 5.05. The van der Waals surface area contributed by atoms with Gasteiger partial charge in [0, 0.05) is 12.6 Å². The molecule has 82 valence electrons. The standard InChI is InChI=1S/C12H23NO/c1-4-11-6-5-7-12(11)8-13-9(2)10(3)14-12/h9-11,13H,4-8H2,1-3H3. The minimum absolute atomic E-state index is 0.181. The zero-order valence-electron chi connectivity index (χ0n) is 9.68. The van der Waals surface area contributed by atoms with Crippen LogP contribution >= 0.6 is 0 Å². The Morgan fingerprint density at radius 3 is 2.86 bits per heavy atom. The normalized spacial score (nSPS) is 48.6. The van der Waals surface area contributed by atoms with Crippen molar-refractivity contribution >= 4 is 0 Å². The Labute approximate surface area is 87.4 Å². The van der Waals surface area contributed by atoms with Gasteiger partial charge in [-0.05, 0) is 32.6 Å². The van der Waals surface area contributed by atoms with Gasteiger partial charge in [0.25, 0.3) is 0 Å². The summed E-state index contributed by atoms with van der Waals surface area (Å²) in [6, 6.07) is 0.513. The fourth-order valence-electron chi connectivity index (χ4n) is 3.09. The minimum atomic E-state index is 0.181. The van der Waals surface area contributed by atoms with Gasteiger partial charge in [-0.1, -0.05) is 19.8 Å². The minimum Gasteiger partial charge on any atom is -0.369 e. The number of hydrogen-bond donors (Lipinski definition) is 1. The lowest BCUT2D eigenvalue weighted by atomic mass is 9.86. The largest absolute Gasteiger partial charge is 0.369 e. The second kappa shape index (κ2) is 3.82. The number of ether oxygens (including phenoxy) is 1. The van der Waals surface area contributed by atoms with E-state index in [0.717, 1.165) is 12.5 Å². The number of hydrogen-bond acceptors (Lipinski definition) is 2. The van der Waals surface area contributed by atoms with Gasteiger partial charge in [0.05, 0.1) is 11.7 Å². The number of morpholine rings is 1. The van der Waals surface area contributed by atoms with E-state index in [1.807, 2.05) is 0 Å². The Morgan fingerprint density at radius 1 is 1.43 bits per heavy atom. The summed E-state index contributed by atoms with van der Waals surface area (Å²) in [6.07, 6.45) is 5.61. The van der Waals surface area contributed by atoms with E-state index in [-0.39, 0.29) is 5.60 Å². The molecular formula is C12H23NO. The highest BCUT2D eigenvalue weighted by atomic mass is 16.5. The Balaban J connectivity index is 2.08. The predicted octanol–water partition coefficient (Wildman–Crippen LogP) is 2.33. The van der Waals surface area contributed by atoms with Crippen LogP contribution in [-0.4, -0.2) is 24.3 Å². The van der Waals surface area contributed by atoms with E-state index in [1.54, 1.807) is 0 Å². The van der Waals surface area contributed by atoms with Crippen molar-refractivity contribution < 1.29 is 4.74 Å². The van der Waals surface area contributed by atoms with Crippen molar-refractivity contribution in [3.8, 4) is 0 Å². The molecule has 2 aliphatic rings. The van der Waals surface area contributed by atoms with Crippen LogP contribution in [0, 0.1) is 5.92 Å². The fourth-order valence-corrected chi connectivity index (χ4v) is 3.09. The lowest BCUT2D eigenvalue weighted by Crippen LogP contribution is -2.58. The van der Waals surface area contributed by atoms with E-state index in [9.17, 15) is 0 Å². The molecule has 1 spiro atoms. The molecule has 2 fully saturated rings. The average molecular weight is 197 g/mol. The van der Waals surface area contributed by atoms with Crippen LogP contribution in [0.15, 0.2) is 0 Å². The van der Waals surface area contributed by atoms with Crippen molar-refractivity contribution in [3.05, 3.63) is 0 Å². The van der Waals surface area contributed by atoms with E-state index in [2.05, 4.69) is 26.1 Å². The van der Waals surface area contributed by atoms with Crippen LogP contribution < -0.4 is 5.32 Å². The Bertz CT molecular complexity index is 206. The van der Waals surface area contributed by atoms with Crippen molar-refractivity contribution in [1.82, 2.24) is 5.32 Å². The molecule has 0 amide bonds. The maximum Gasteiger partial charge on any atom is 0.0838 e. The molecule has 4 atom stereocenters. The van der Waals surface area contributed by atoms with E-state index in [0.29, 0.717) is 12.1 Å². The van der Waals surface area contributed by atoms with Gasteiger partial charge in [-0.3, -0.25) is 0 Å². The topological polar surface area (TPSA) is 21.3 Å². The molecule has 2 nitrogen and oxygen atoms in total. The van der Waals surface area contributed by atoms with E-state index < -0.39 is 0 Å². The van der Waals surface area contributed by atoms with E-state index >= 15 is 0 Å². The second-order valence-corrected chi connectivity index (χ2v) is 5.05. The van der Waals surface area contributed by atoms with Crippen molar-refractivity contribution in [1.29, 1.82) is 0 Å². The number of nitrogens with one attached hydrogen (secondary N) is 1. The molecule has 0 aromatic carbocycles. The highest BCUT2D eigenvalue weighted by Gasteiger charge is 2.46. The lowest BCUT2D eigenvalue weighted by Gasteiger charge is -2.45. The maximum atomic E-state index is 6.29. The summed E-state index contributed by atoms with van der Waals surface area (Å²) < 4.78 is 6.29. The fraction of sp³-hybridized carbons (Fsp3) is 1.00. The summed E-state index contributed by atoms with van der Waals surface area (Å²) >= 11 is 0. The molecule has 2 heteroatoms. The molecule has 0 aromatic heterocycles. The van der Waals surface area contributed by atoms with Crippen LogP contribution in [0.5, 0.6) is 0 Å². The molecule has 1 N–H and O–H groups in total.